The number of Topliss-reactive ketones (excluding diaryl/α,β-unsaturated/α-hetero) is 1. The topological polar surface area (TPSA) is 46.5 Å². The molecular formula is C19H24O3. The van der Waals surface area contributed by atoms with Crippen molar-refractivity contribution in [1.29, 1.82) is 0 Å². The Balaban J connectivity index is 1.74. The van der Waals surface area contributed by atoms with Gasteiger partial charge in [-0.3, -0.25) is 4.79 Å². The number of ketones is 1. The molecule has 0 spiro atoms. The number of benzene rings is 1. The molecule has 0 aliphatic heterocycles. The fourth-order valence-corrected chi connectivity index (χ4v) is 5.57. The quantitative estimate of drug-likeness (QED) is 0.867. The second kappa shape index (κ2) is 4.82. The molecule has 5 atom stereocenters. The number of aryl methyl sites for hydroxylation is 1. The van der Waals surface area contributed by atoms with Gasteiger partial charge in [0.1, 0.15) is 11.5 Å². The molecule has 4 rings (SSSR count). The van der Waals surface area contributed by atoms with Crippen molar-refractivity contribution in [3.8, 4) is 5.75 Å². The lowest BCUT2D eigenvalue weighted by Gasteiger charge is -2.51. The zero-order valence-electron chi connectivity index (χ0n) is 13.3. The van der Waals surface area contributed by atoms with Crippen molar-refractivity contribution in [1.82, 2.24) is 0 Å². The van der Waals surface area contributed by atoms with Crippen molar-refractivity contribution in [3.63, 3.8) is 0 Å². The van der Waals surface area contributed by atoms with Crippen molar-refractivity contribution in [3.05, 3.63) is 29.3 Å². The molecule has 0 amide bonds. The molecule has 0 heterocycles. The van der Waals surface area contributed by atoms with E-state index in [-0.39, 0.29) is 17.1 Å². The highest BCUT2D eigenvalue weighted by Crippen LogP contribution is 2.61. The third kappa shape index (κ3) is 1.75. The molecule has 2 saturated carbocycles. The van der Waals surface area contributed by atoms with Crippen molar-refractivity contribution in [2.45, 2.75) is 51.0 Å². The summed E-state index contributed by atoms with van der Waals surface area (Å²) in [5.41, 5.74) is 2.59. The first kappa shape index (κ1) is 14.3. The van der Waals surface area contributed by atoms with Gasteiger partial charge in [-0.25, -0.2) is 0 Å². The van der Waals surface area contributed by atoms with Gasteiger partial charge in [0.25, 0.3) is 0 Å². The second-order valence-electron chi connectivity index (χ2n) is 7.50. The van der Waals surface area contributed by atoms with E-state index in [0.29, 0.717) is 18.3 Å². The highest BCUT2D eigenvalue weighted by atomic mass is 16.5. The van der Waals surface area contributed by atoms with Crippen LogP contribution in [0, 0.1) is 17.3 Å². The Morgan fingerprint density at radius 3 is 2.86 bits per heavy atom. The Morgan fingerprint density at radius 1 is 1.27 bits per heavy atom. The van der Waals surface area contributed by atoms with Crippen LogP contribution in [0.15, 0.2) is 18.2 Å². The third-order valence-corrected chi connectivity index (χ3v) is 6.78. The molecule has 1 aromatic carbocycles. The molecule has 0 unspecified atom stereocenters. The summed E-state index contributed by atoms with van der Waals surface area (Å²) in [5, 5.41) is 10.6. The number of methoxy groups -OCH3 is 1. The maximum absolute atomic E-state index is 12.3. The lowest BCUT2D eigenvalue weighted by Crippen LogP contribution is -2.48. The Labute approximate surface area is 131 Å². The molecule has 3 nitrogen and oxygen atoms in total. The van der Waals surface area contributed by atoms with Crippen LogP contribution in [0.1, 0.15) is 49.7 Å². The van der Waals surface area contributed by atoms with Crippen LogP contribution < -0.4 is 4.74 Å². The number of fused-ring (bicyclic) bond motifs is 5. The highest BCUT2D eigenvalue weighted by molar-refractivity contribution is 5.85. The largest absolute Gasteiger partial charge is 0.497 e. The summed E-state index contributed by atoms with van der Waals surface area (Å²) < 4.78 is 5.35. The van der Waals surface area contributed by atoms with E-state index in [1.807, 2.05) is 6.07 Å². The Bertz CT molecular complexity index is 623. The van der Waals surface area contributed by atoms with Crippen molar-refractivity contribution < 1.29 is 14.6 Å². The van der Waals surface area contributed by atoms with Gasteiger partial charge in [0.2, 0.25) is 0 Å². The van der Waals surface area contributed by atoms with Gasteiger partial charge in [-0.05, 0) is 60.8 Å². The van der Waals surface area contributed by atoms with Crippen molar-refractivity contribution >= 4 is 5.78 Å². The van der Waals surface area contributed by atoms with E-state index in [2.05, 4.69) is 19.1 Å². The predicted molar refractivity (Wildman–Crippen MR) is 84.0 cm³/mol. The molecule has 1 N–H and O–H groups in total. The maximum atomic E-state index is 12.3. The van der Waals surface area contributed by atoms with Gasteiger partial charge in [-0.15, -0.1) is 0 Å². The maximum Gasteiger partial charge on any atom is 0.139 e. The van der Waals surface area contributed by atoms with E-state index in [4.69, 9.17) is 4.74 Å². The molecule has 22 heavy (non-hydrogen) atoms. The van der Waals surface area contributed by atoms with Crippen LogP contribution in [0.25, 0.3) is 0 Å². The summed E-state index contributed by atoms with van der Waals surface area (Å²) in [7, 11) is 1.71. The van der Waals surface area contributed by atoms with Crippen LogP contribution in [-0.2, 0) is 11.2 Å². The lowest BCUT2D eigenvalue weighted by atomic mass is 9.53. The first-order valence-electron chi connectivity index (χ1n) is 8.43. The minimum atomic E-state index is -0.461. The first-order valence-corrected chi connectivity index (χ1v) is 8.43. The molecule has 3 heteroatoms. The molecule has 0 saturated heterocycles. The van der Waals surface area contributed by atoms with Gasteiger partial charge < -0.3 is 9.84 Å². The molecule has 3 aliphatic carbocycles. The Kier molecular flexibility index (Phi) is 3.12. The van der Waals surface area contributed by atoms with Gasteiger partial charge >= 0.3 is 0 Å². The van der Waals surface area contributed by atoms with Crippen molar-refractivity contribution in [2.75, 3.05) is 7.11 Å². The van der Waals surface area contributed by atoms with Gasteiger partial charge in [-0.1, -0.05) is 13.0 Å². The zero-order chi connectivity index (χ0) is 15.5. The SMILES string of the molecule is COc1ccc2c(c1)CC[C@@H]1[C@@H]2CC[C@H]2C(=O)C[C@H](O)[C@]12C. The first-order chi connectivity index (χ1) is 10.6. The molecule has 0 radical (unpaired) electrons. The summed E-state index contributed by atoms with van der Waals surface area (Å²) >= 11 is 0. The van der Waals surface area contributed by atoms with E-state index in [0.717, 1.165) is 31.4 Å². The molecule has 118 valence electrons. The van der Waals surface area contributed by atoms with Crippen LogP contribution in [0.4, 0.5) is 0 Å². The molecule has 0 bridgehead atoms. The summed E-state index contributed by atoms with van der Waals surface area (Å²) in [6, 6.07) is 6.42. The van der Waals surface area contributed by atoms with E-state index in [1.54, 1.807) is 7.11 Å². The van der Waals surface area contributed by atoms with Gasteiger partial charge in [0.15, 0.2) is 0 Å². The van der Waals surface area contributed by atoms with Gasteiger partial charge in [-0.2, -0.15) is 0 Å². The van der Waals surface area contributed by atoms with Crippen LogP contribution in [0.5, 0.6) is 5.75 Å². The standard InChI is InChI=1S/C19H24O3/c1-19-15-7-3-11-9-12(22-2)4-5-13(11)14(15)6-8-16(19)17(20)10-18(19)21/h4-5,9,14-16,18,21H,3,6-8,10H2,1-2H3/t14-,15-,16+,18+,19-/m1/s1. The summed E-state index contributed by atoms with van der Waals surface area (Å²) in [6.45, 7) is 2.17. The molecule has 0 aromatic heterocycles. The monoisotopic (exact) mass is 300 g/mol. The summed E-state index contributed by atoms with van der Waals surface area (Å²) in [6.07, 6.45) is 4.00. The number of hydrogen-bond acceptors (Lipinski definition) is 3. The Hall–Kier alpha value is -1.35. The summed E-state index contributed by atoms with van der Waals surface area (Å²) in [4.78, 5) is 12.3. The molecule has 1 aromatic rings. The number of aliphatic hydroxyl groups is 1. The average molecular weight is 300 g/mol. The van der Waals surface area contributed by atoms with Crippen molar-refractivity contribution in [2.24, 2.45) is 17.3 Å². The third-order valence-electron chi connectivity index (χ3n) is 6.78. The lowest BCUT2D eigenvalue weighted by molar-refractivity contribution is -0.125. The molecule has 3 aliphatic rings. The number of aliphatic hydroxyl groups excluding tert-OH is 1. The fourth-order valence-electron chi connectivity index (χ4n) is 5.57. The molecular weight excluding hydrogens is 276 g/mol. The summed E-state index contributed by atoms with van der Waals surface area (Å²) in [5.74, 6) is 2.19. The van der Waals surface area contributed by atoms with E-state index >= 15 is 0 Å². The van der Waals surface area contributed by atoms with Gasteiger partial charge in [0.05, 0.1) is 13.2 Å². The highest BCUT2D eigenvalue weighted by Gasteiger charge is 2.59. The van der Waals surface area contributed by atoms with E-state index in [1.165, 1.54) is 11.1 Å². The fraction of sp³-hybridized carbons (Fsp3) is 0.632. The van der Waals surface area contributed by atoms with E-state index < -0.39 is 6.10 Å². The number of carbonyl (C=O) groups excluding carboxylic acids is 1. The zero-order valence-corrected chi connectivity index (χ0v) is 13.3. The number of hydrogen-bond donors (Lipinski definition) is 1. The number of carbonyl (C=O) groups is 1. The number of rotatable bonds is 1. The van der Waals surface area contributed by atoms with Gasteiger partial charge in [0, 0.05) is 17.8 Å². The average Bonchev–Trinajstić information content (AvgIpc) is 2.76. The van der Waals surface area contributed by atoms with E-state index in [9.17, 15) is 9.90 Å². The second-order valence-corrected chi connectivity index (χ2v) is 7.50. The molecule has 2 fully saturated rings. The normalized spacial score (nSPS) is 39.9. The number of ether oxygens (including phenoxy) is 1. The minimum Gasteiger partial charge on any atom is -0.497 e. The predicted octanol–water partition coefficient (Wildman–Crippen LogP) is 3.09. The van der Waals surface area contributed by atoms with Crippen LogP contribution in [0.2, 0.25) is 0 Å². The smallest absolute Gasteiger partial charge is 0.139 e. The Morgan fingerprint density at radius 2 is 2.09 bits per heavy atom. The minimum absolute atomic E-state index is 0.0727. The van der Waals surface area contributed by atoms with Crippen LogP contribution >= 0.6 is 0 Å². The van der Waals surface area contributed by atoms with Crippen LogP contribution in [-0.4, -0.2) is 24.1 Å². The van der Waals surface area contributed by atoms with Crippen LogP contribution in [0.3, 0.4) is 0 Å².